The van der Waals surface area contributed by atoms with E-state index in [2.05, 4.69) is 32.2 Å². The van der Waals surface area contributed by atoms with Gasteiger partial charge in [-0.25, -0.2) is 4.98 Å². The number of carbonyl (C=O) groups excluding carboxylic acids is 2. The molecule has 8 nitrogen and oxygen atoms in total. The zero-order chi connectivity index (χ0) is 26.2. The van der Waals surface area contributed by atoms with Gasteiger partial charge in [-0.3, -0.25) is 14.5 Å². The molecule has 0 spiro atoms. The molecule has 4 rings (SSSR count). The Morgan fingerprint density at radius 1 is 1.03 bits per heavy atom. The lowest BCUT2D eigenvalue weighted by atomic mass is 10.2. The van der Waals surface area contributed by atoms with Gasteiger partial charge in [0.25, 0.3) is 5.91 Å². The van der Waals surface area contributed by atoms with Gasteiger partial charge in [-0.15, -0.1) is 11.3 Å². The third-order valence-electron chi connectivity index (χ3n) is 6.20. The van der Waals surface area contributed by atoms with Gasteiger partial charge in [0.15, 0.2) is 5.13 Å². The summed E-state index contributed by atoms with van der Waals surface area (Å²) < 4.78 is 0. The van der Waals surface area contributed by atoms with Gasteiger partial charge in [0.1, 0.15) is 5.69 Å². The van der Waals surface area contributed by atoms with E-state index < -0.39 is 0 Å². The summed E-state index contributed by atoms with van der Waals surface area (Å²) in [6.07, 6.45) is 0. The number of anilines is 2. The van der Waals surface area contributed by atoms with E-state index in [1.165, 1.54) is 11.3 Å². The van der Waals surface area contributed by atoms with Crippen LogP contribution in [0.3, 0.4) is 0 Å². The molecule has 0 unspecified atom stereocenters. The maximum Gasteiger partial charge on any atom is 0.273 e. The van der Waals surface area contributed by atoms with Gasteiger partial charge in [0.2, 0.25) is 5.91 Å². The van der Waals surface area contributed by atoms with Crippen molar-refractivity contribution in [2.45, 2.75) is 6.54 Å². The molecule has 1 fully saturated rings. The molecule has 0 radical (unpaired) electrons. The summed E-state index contributed by atoms with van der Waals surface area (Å²) in [6, 6.07) is 17.5. The second kappa shape index (κ2) is 13.0. The summed E-state index contributed by atoms with van der Waals surface area (Å²) in [5.74, 6) is 0.0276. The van der Waals surface area contributed by atoms with Gasteiger partial charge in [-0.05, 0) is 37.9 Å². The third kappa shape index (κ3) is 8.00. The van der Waals surface area contributed by atoms with Gasteiger partial charge >= 0.3 is 0 Å². The first kappa shape index (κ1) is 27.1. The number of aromatic nitrogens is 1. The molecule has 1 aromatic heterocycles. The molecule has 1 aliphatic heterocycles. The minimum absolute atomic E-state index is 0.0851. The Balaban J connectivity index is 1.28. The van der Waals surface area contributed by atoms with Crippen molar-refractivity contribution in [3.8, 4) is 0 Å². The fourth-order valence-corrected chi connectivity index (χ4v) is 4.99. The molecule has 37 heavy (non-hydrogen) atoms. The average molecular weight is 541 g/mol. The number of benzene rings is 2. The number of piperazine rings is 1. The average Bonchev–Trinajstić information content (AvgIpc) is 3.35. The quantitative estimate of drug-likeness (QED) is 0.421. The van der Waals surface area contributed by atoms with Crippen LogP contribution in [0.25, 0.3) is 0 Å². The Bertz CT molecular complexity index is 1180. The molecule has 0 saturated carbocycles. The van der Waals surface area contributed by atoms with Gasteiger partial charge in [0.05, 0.1) is 6.54 Å². The van der Waals surface area contributed by atoms with Crippen LogP contribution in [0.4, 0.5) is 10.8 Å². The van der Waals surface area contributed by atoms with Crippen molar-refractivity contribution >= 4 is 45.6 Å². The molecule has 10 heteroatoms. The second-order valence-corrected chi connectivity index (χ2v) is 10.6. The van der Waals surface area contributed by atoms with Gasteiger partial charge in [-0.1, -0.05) is 48.0 Å². The molecule has 2 amide bonds. The Labute approximate surface area is 227 Å². The van der Waals surface area contributed by atoms with Gasteiger partial charge in [0, 0.05) is 61.9 Å². The molecule has 1 aliphatic rings. The highest BCUT2D eigenvalue weighted by Gasteiger charge is 2.26. The maximum atomic E-state index is 13.2. The largest absolute Gasteiger partial charge is 0.336 e. The van der Waals surface area contributed by atoms with E-state index in [0.29, 0.717) is 61.7 Å². The molecule has 0 aliphatic carbocycles. The number of nitrogens with zero attached hydrogens (tertiary/aromatic N) is 5. The van der Waals surface area contributed by atoms with Crippen LogP contribution in [0.1, 0.15) is 16.1 Å². The van der Waals surface area contributed by atoms with E-state index in [1.54, 1.807) is 11.4 Å². The Morgan fingerprint density at radius 2 is 1.78 bits per heavy atom. The number of amides is 2. The molecule has 196 valence electrons. The van der Waals surface area contributed by atoms with Crippen LogP contribution in [-0.4, -0.2) is 96.3 Å². The Morgan fingerprint density at radius 3 is 2.49 bits per heavy atom. The molecular formula is C27H33ClN6O2S. The smallest absolute Gasteiger partial charge is 0.273 e. The SMILES string of the molecule is CN(C)CCN(Cc1ccccc1)C(=O)CN1CCN(C(=O)c2csc(Nc3cccc(Cl)c3)n2)CC1. The number of hydrogen-bond acceptors (Lipinski definition) is 7. The van der Waals surface area contributed by atoms with Crippen molar-refractivity contribution < 1.29 is 9.59 Å². The molecule has 0 bridgehead atoms. The lowest BCUT2D eigenvalue weighted by Gasteiger charge is -2.35. The highest BCUT2D eigenvalue weighted by molar-refractivity contribution is 7.14. The topological polar surface area (TPSA) is 72.0 Å². The fourth-order valence-electron chi connectivity index (χ4n) is 4.10. The van der Waals surface area contributed by atoms with E-state index >= 15 is 0 Å². The lowest BCUT2D eigenvalue weighted by molar-refractivity contribution is -0.133. The molecule has 2 aromatic carbocycles. The van der Waals surface area contributed by atoms with Crippen molar-refractivity contribution in [2.24, 2.45) is 0 Å². The summed E-state index contributed by atoms with van der Waals surface area (Å²) >= 11 is 7.43. The molecular weight excluding hydrogens is 508 g/mol. The predicted molar refractivity (Wildman–Crippen MR) is 150 cm³/mol. The van der Waals surface area contributed by atoms with Crippen LogP contribution in [0.2, 0.25) is 5.02 Å². The van der Waals surface area contributed by atoms with Gasteiger partial charge < -0.3 is 20.0 Å². The van der Waals surface area contributed by atoms with Crippen molar-refractivity contribution in [3.63, 3.8) is 0 Å². The molecule has 2 heterocycles. The Kier molecular flexibility index (Phi) is 9.51. The van der Waals surface area contributed by atoms with Crippen molar-refractivity contribution in [1.29, 1.82) is 0 Å². The predicted octanol–water partition coefficient (Wildman–Crippen LogP) is 3.89. The summed E-state index contributed by atoms with van der Waals surface area (Å²) in [6.45, 7) is 4.88. The monoisotopic (exact) mass is 540 g/mol. The minimum atomic E-state index is -0.0851. The first-order chi connectivity index (χ1) is 17.9. The number of thiazole rings is 1. The van der Waals surface area contributed by atoms with Gasteiger partial charge in [-0.2, -0.15) is 0 Å². The molecule has 1 saturated heterocycles. The van der Waals surface area contributed by atoms with Crippen LogP contribution in [0.15, 0.2) is 60.0 Å². The van der Waals surface area contributed by atoms with Crippen molar-refractivity contribution in [2.75, 3.05) is 65.2 Å². The number of nitrogens with one attached hydrogen (secondary N) is 1. The van der Waals surface area contributed by atoms with E-state index in [9.17, 15) is 9.59 Å². The number of hydrogen-bond donors (Lipinski definition) is 1. The van der Waals surface area contributed by atoms with Crippen LogP contribution >= 0.6 is 22.9 Å². The van der Waals surface area contributed by atoms with E-state index in [4.69, 9.17) is 11.6 Å². The molecule has 3 aromatic rings. The van der Waals surface area contributed by atoms with E-state index in [-0.39, 0.29) is 11.8 Å². The standard InChI is InChI=1S/C27H33ClN6O2S/c1-31(2)11-14-34(18-21-7-4-3-5-8-21)25(35)19-32-12-15-33(16-13-32)26(36)24-20-37-27(30-24)29-23-10-6-9-22(28)17-23/h3-10,17,20H,11-16,18-19H2,1-2H3,(H,29,30). The summed E-state index contributed by atoms with van der Waals surface area (Å²) in [4.78, 5) is 38.7. The van der Waals surface area contributed by atoms with Crippen molar-refractivity contribution in [1.82, 2.24) is 24.6 Å². The highest BCUT2D eigenvalue weighted by atomic mass is 35.5. The lowest BCUT2D eigenvalue weighted by Crippen LogP contribution is -2.52. The first-order valence-corrected chi connectivity index (χ1v) is 13.6. The summed E-state index contributed by atoms with van der Waals surface area (Å²) in [5, 5.41) is 6.25. The highest BCUT2D eigenvalue weighted by Crippen LogP contribution is 2.24. The Hall–Kier alpha value is -2.98. The van der Waals surface area contributed by atoms with E-state index in [0.717, 1.165) is 17.8 Å². The molecule has 1 N–H and O–H groups in total. The van der Waals surface area contributed by atoms with Crippen molar-refractivity contribution in [3.05, 3.63) is 76.3 Å². The number of likely N-dealkylation sites (N-methyl/N-ethyl adjacent to an activating group) is 1. The van der Waals surface area contributed by atoms with Crippen LogP contribution in [0.5, 0.6) is 0 Å². The fraction of sp³-hybridized carbons (Fsp3) is 0.370. The summed E-state index contributed by atoms with van der Waals surface area (Å²) in [5.41, 5.74) is 2.38. The molecule has 0 atom stereocenters. The number of halogens is 1. The van der Waals surface area contributed by atoms with E-state index in [1.807, 2.05) is 60.3 Å². The second-order valence-electron chi connectivity index (χ2n) is 9.35. The maximum absolute atomic E-state index is 13.2. The zero-order valence-corrected chi connectivity index (χ0v) is 22.8. The summed E-state index contributed by atoms with van der Waals surface area (Å²) in [7, 11) is 4.03. The third-order valence-corrected chi connectivity index (χ3v) is 7.20. The minimum Gasteiger partial charge on any atom is -0.336 e. The first-order valence-electron chi connectivity index (χ1n) is 12.3. The van der Waals surface area contributed by atoms with Crippen LogP contribution < -0.4 is 5.32 Å². The number of rotatable bonds is 10. The van der Waals surface area contributed by atoms with Crippen LogP contribution in [0, 0.1) is 0 Å². The normalized spacial score (nSPS) is 14.1. The van der Waals surface area contributed by atoms with Crippen LogP contribution in [-0.2, 0) is 11.3 Å². The number of carbonyl (C=O) groups is 2. The zero-order valence-electron chi connectivity index (χ0n) is 21.3.